The molecule has 0 aliphatic carbocycles. The zero-order chi connectivity index (χ0) is 19.5. The number of carbonyl (C=O) groups excluding carboxylic acids is 1. The van der Waals surface area contributed by atoms with E-state index in [2.05, 4.69) is 25.2 Å². The van der Waals surface area contributed by atoms with E-state index in [4.69, 9.17) is 11.6 Å². The molecule has 7 heteroatoms. The molecule has 6 nitrogen and oxygen atoms in total. The fraction of sp³-hybridized carbons (Fsp3) is 0.381. The summed E-state index contributed by atoms with van der Waals surface area (Å²) in [5.74, 6) is 1.49. The van der Waals surface area contributed by atoms with Gasteiger partial charge in [-0.05, 0) is 49.4 Å². The van der Waals surface area contributed by atoms with Gasteiger partial charge in [0.15, 0.2) is 5.78 Å². The lowest BCUT2D eigenvalue weighted by Crippen LogP contribution is -2.37. The molecule has 146 valence electrons. The highest BCUT2D eigenvalue weighted by Crippen LogP contribution is 2.28. The molecule has 0 radical (unpaired) electrons. The highest BCUT2D eigenvalue weighted by molar-refractivity contribution is 6.33. The van der Waals surface area contributed by atoms with Crippen molar-refractivity contribution in [2.24, 2.45) is 5.92 Å². The summed E-state index contributed by atoms with van der Waals surface area (Å²) in [6.07, 6.45) is 6.17. The molecule has 0 spiro atoms. The van der Waals surface area contributed by atoms with Crippen LogP contribution in [0.2, 0.25) is 5.02 Å². The molecule has 1 fully saturated rings. The molecule has 2 N–H and O–H groups in total. The van der Waals surface area contributed by atoms with Crippen molar-refractivity contribution in [2.75, 3.05) is 29.9 Å². The Bertz CT molecular complexity index is 986. The Morgan fingerprint density at radius 1 is 1.36 bits per heavy atom. The van der Waals surface area contributed by atoms with Crippen LogP contribution in [0, 0.1) is 12.8 Å². The molecule has 1 aliphatic rings. The maximum absolute atomic E-state index is 12.5. The smallest absolute Gasteiger partial charge is 0.152 e. The van der Waals surface area contributed by atoms with E-state index in [-0.39, 0.29) is 5.78 Å². The van der Waals surface area contributed by atoms with Crippen LogP contribution in [0.25, 0.3) is 11.0 Å². The van der Waals surface area contributed by atoms with Gasteiger partial charge in [0, 0.05) is 25.7 Å². The minimum absolute atomic E-state index is 0.207. The van der Waals surface area contributed by atoms with Crippen LogP contribution in [0.1, 0.15) is 24.8 Å². The number of aromatic nitrogens is 3. The molecule has 1 aliphatic heterocycles. The fourth-order valence-corrected chi connectivity index (χ4v) is 4.08. The van der Waals surface area contributed by atoms with Crippen molar-refractivity contribution in [1.29, 1.82) is 0 Å². The summed E-state index contributed by atoms with van der Waals surface area (Å²) in [5.41, 5.74) is 2.78. The zero-order valence-electron chi connectivity index (χ0n) is 15.9. The van der Waals surface area contributed by atoms with Gasteiger partial charge < -0.3 is 15.2 Å². The number of piperidine rings is 1. The van der Waals surface area contributed by atoms with Gasteiger partial charge in [0.1, 0.15) is 17.8 Å². The van der Waals surface area contributed by atoms with Gasteiger partial charge in [0.2, 0.25) is 0 Å². The second-order valence-corrected chi connectivity index (χ2v) is 7.88. The SMILES string of the molecule is Cc1ccc(Cl)c(NCC(=O)C[C@@H]2CCCN(c3ncnc4[nH]ccc34)C2)c1. The fourth-order valence-electron chi connectivity index (χ4n) is 3.90. The van der Waals surface area contributed by atoms with Gasteiger partial charge in [0.05, 0.1) is 22.6 Å². The molecule has 2 aromatic heterocycles. The maximum Gasteiger partial charge on any atom is 0.152 e. The van der Waals surface area contributed by atoms with Gasteiger partial charge in [-0.2, -0.15) is 0 Å². The van der Waals surface area contributed by atoms with E-state index in [0.29, 0.717) is 23.9 Å². The third kappa shape index (κ3) is 4.12. The van der Waals surface area contributed by atoms with Crippen molar-refractivity contribution < 1.29 is 4.79 Å². The van der Waals surface area contributed by atoms with Crippen molar-refractivity contribution in [3.8, 4) is 0 Å². The molecule has 1 atom stereocenters. The van der Waals surface area contributed by atoms with Gasteiger partial charge in [-0.25, -0.2) is 9.97 Å². The number of carbonyl (C=O) groups is 1. The number of aromatic amines is 1. The minimum Gasteiger partial charge on any atom is -0.377 e. The first kappa shape index (κ1) is 18.7. The van der Waals surface area contributed by atoms with Crippen molar-refractivity contribution in [3.63, 3.8) is 0 Å². The molecule has 0 saturated carbocycles. The zero-order valence-corrected chi connectivity index (χ0v) is 16.7. The van der Waals surface area contributed by atoms with Crippen LogP contribution in [-0.2, 0) is 4.79 Å². The standard InChI is InChI=1S/C21H24ClN5O/c1-14-4-5-18(22)19(9-14)24-11-16(28)10-15-3-2-8-27(12-15)21-17-6-7-23-20(17)25-13-26-21/h4-7,9,13,15,24H,2-3,8,10-12H2,1H3,(H,23,25,26)/t15-/m0/s1. The summed E-state index contributed by atoms with van der Waals surface area (Å²) < 4.78 is 0. The largest absolute Gasteiger partial charge is 0.377 e. The molecule has 4 rings (SSSR count). The molecule has 3 aromatic rings. The number of nitrogens with one attached hydrogen (secondary N) is 2. The van der Waals surface area contributed by atoms with Gasteiger partial charge in [0.25, 0.3) is 0 Å². The number of hydrogen-bond donors (Lipinski definition) is 2. The first-order valence-electron chi connectivity index (χ1n) is 9.65. The molecule has 28 heavy (non-hydrogen) atoms. The lowest BCUT2D eigenvalue weighted by atomic mass is 9.92. The number of nitrogens with zero attached hydrogens (tertiary/aromatic N) is 3. The number of benzene rings is 1. The number of Topliss-reactive ketones (excluding diaryl/α,β-unsaturated/α-hetero) is 1. The Morgan fingerprint density at radius 3 is 3.14 bits per heavy atom. The molecule has 0 bridgehead atoms. The Hall–Kier alpha value is -2.60. The summed E-state index contributed by atoms with van der Waals surface area (Å²) in [5, 5.41) is 4.86. The third-order valence-corrected chi connectivity index (χ3v) is 5.60. The van der Waals surface area contributed by atoms with Crippen molar-refractivity contribution >= 4 is 39.9 Å². The molecule has 1 saturated heterocycles. The van der Waals surface area contributed by atoms with E-state index in [1.807, 2.05) is 37.4 Å². The second kappa shape index (κ2) is 8.19. The number of anilines is 2. The van der Waals surface area contributed by atoms with E-state index < -0.39 is 0 Å². The molecule has 0 unspecified atom stereocenters. The average Bonchev–Trinajstić information content (AvgIpc) is 3.18. The molecule has 1 aromatic carbocycles. The van der Waals surface area contributed by atoms with Crippen LogP contribution in [0.15, 0.2) is 36.8 Å². The third-order valence-electron chi connectivity index (χ3n) is 5.27. The van der Waals surface area contributed by atoms with Crippen LogP contribution in [0.5, 0.6) is 0 Å². The van der Waals surface area contributed by atoms with Gasteiger partial charge >= 0.3 is 0 Å². The van der Waals surface area contributed by atoms with Gasteiger partial charge in [-0.15, -0.1) is 0 Å². The number of H-pyrrole nitrogens is 1. The van der Waals surface area contributed by atoms with Crippen LogP contribution >= 0.6 is 11.6 Å². The number of hydrogen-bond acceptors (Lipinski definition) is 5. The van der Waals surface area contributed by atoms with Crippen LogP contribution < -0.4 is 10.2 Å². The van der Waals surface area contributed by atoms with Gasteiger partial charge in [-0.3, -0.25) is 4.79 Å². The first-order chi connectivity index (χ1) is 13.6. The van der Waals surface area contributed by atoms with Crippen LogP contribution in [-0.4, -0.2) is 40.4 Å². The van der Waals surface area contributed by atoms with E-state index in [0.717, 1.165) is 54.0 Å². The van der Waals surface area contributed by atoms with Crippen LogP contribution in [0.3, 0.4) is 0 Å². The van der Waals surface area contributed by atoms with E-state index in [9.17, 15) is 4.79 Å². The number of halogens is 1. The van der Waals surface area contributed by atoms with Gasteiger partial charge in [-0.1, -0.05) is 17.7 Å². The quantitative estimate of drug-likeness (QED) is 0.651. The van der Waals surface area contributed by atoms with E-state index in [1.54, 1.807) is 6.33 Å². The summed E-state index contributed by atoms with van der Waals surface area (Å²) in [4.78, 5) is 26.7. The number of aryl methyl sites for hydroxylation is 1. The topological polar surface area (TPSA) is 73.9 Å². The number of ketones is 1. The molecular weight excluding hydrogens is 374 g/mol. The van der Waals surface area contributed by atoms with Crippen molar-refractivity contribution in [1.82, 2.24) is 15.0 Å². The Labute approximate surface area is 169 Å². The summed E-state index contributed by atoms with van der Waals surface area (Å²) in [6, 6.07) is 7.79. The highest BCUT2D eigenvalue weighted by Gasteiger charge is 2.24. The van der Waals surface area contributed by atoms with Crippen LogP contribution in [0.4, 0.5) is 11.5 Å². The summed E-state index contributed by atoms with van der Waals surface area (Å²) in [7, 11) is 0. The highest BCUT2D eigenvalue weighted by atomic mass is 35.5. The van der Waals surface area contributed by atoms with Crippen molar-refractivity contribution in [2.45, 2.75) is 26.2 Å². The lowest BCUT2D eigenvalue weighted by Gasteiger charge is -2.33. The normalized spacial score (nSPS) is 17.1. The predicted molar refractivity (Wildman–Crippen MR) is 113 cm³/mol. The molecule has 0 amide bonds. The first-order valence-corrected chi connectivity index (χ1v) is 10.0. The second-order valence-electron chi connectivity index (χ2n) is 7.47. The number of fused-ring (bicyclic) bond motifs is 1. The van der Waals surface area contributed by atoms with Crippen molar-refractivity contribution in [3.05, 3.63) is 47.4 Å². The monoisotopic (exact) mass is 397 g/mol. The maximum atomic E-state index is 12.5. The lowest BCUT2D eigenvalue weighted by molar-refractivity contribution is -0.118. The Kier molecular flexibility index (Phi) is 5.48. The Morgan fingerprint density at radius 2 is 2.25 bits per heavy atom. The summed E-state index contributed by atoms with van der Waals surface area (Å²) >= 11 is 6.20. The average molecular weight is 398 g/mol. The minimum atomic E-state index is 0.207. The van der Waals surface area contributed by atoms with E-state index in [1.165, 1.54) is 0 Å². The molecular formula is C21H24ClN5O. The molecule has 3 heterocycles. The summed E-state index contributed by atoms with van der Waals surface area (Å²) in [6.45, 7) is 4.11. The van der Waals surface area contributed by atoms with E-state index >= 15 is 0 Å². The predicted octanol–water partition coefficient (Wildman–Crippen LogP) is 4.21. The number of rotatable bonds is 6. The Balaban J connectivity index is 1.36.